The first-order chi connectivity index (χ1) is 8.67. The molecule has 1 N–H and O–H groups in total. The summed E-state index contributed by atoms with van der Waals surface area (Å²) in [6.07, 6.45) is 0. The summed E-state index contributed by atoms with van der Waals surface area (Å²) in [6.45, 7) is 1.88. The molecule has 0 aliphatic heterocycles. The monoisotopic (exact) mass is 270 g/mol. The first-order valence-corrected chi connectivity index (χ1v) is 6.29. The highest BCUT2D eigenvalue weighted by atomic mass is 32.1. The van der Waals surface area contributed by atoms with Crippen molar-refractivity contribution in [1.29, 1.82) is 0 Å². The minimum atomic E-state index is -0.978. The lowest BCUT2D eigenvalue weighted by Gasteiger charge is -2.07. The Hall–Kier alpha value is -1.46. The normalized spacial score (nSPS) is 10.7. The summed E-state index contributed by atoms with van der Waals surface area (Å²) in [6, 6.07) is 6.24. The topological polar surface area (TPSA) is 29.5 Å². The molecule has 0 amide bonds. The molecule has 0 radical (unpaired) electrons. The molecule has 0 bridgehead atoms. The Morgan fingerprint density at radius 3 is 2.56 bits per heavy atom. The third-order valence-corrected chi connectivity index (χ3v) is 3.53. The Balaban J connectivity index is 2.43. The van der Waals surface area contributed by atoms with Gasteiger partial charge < -0.3 is 9.84 Å². The van der Waals surface area contributed by atoms with Gasteiger partial charge in [-0.2, -0.15) is 4.39 Å². The molecule has 2 rings (SSSR count). The highest BCUT2D eigenvalue weighted by Crippen LogP contribution is 2.34. The Bertz CT molecular complexity index is 552. The van der Waals surface area contributed by atoms with E-state index in [1.165, 1.54) is 23.5 Å². The van der Waals surface area contributed by atoms with Gasteiger partial charge in [-0.05, 0) is 31.2 Å². The number of hydrogen-bond acceptors (Lipinski definition) is 3. The van der Waals surface area contributed by atoms with Gasteiger partial charge in [-0.15, -0.1) is 11.3 Å². The van der Waals surface area contributed by atoms with Crippen LogP contribution in [0.25, 0.3) is 10.4 Å². The lowest BCUT2D eigenvalue weighted by Crippen LogP contribution is -1.98. The molecular formula is C13H12F2O2S. The van der Waals surface area contributed by atoms with E-state index in [1.54, 1.807) is 19.1 Å². The van der Waals surface area contributed by atoms with Crippen molar-refractivity contribution in [3.05, 3.63) is 40.8 Å². The van der Waals surface area contributed by atoms with Crippen LogP contribution in [0, 0.1) is 11.6 Å². The number of ether oxygens (including phenoxy) is 1. The predicted molar refractivity (Wildman–Crippen MR) is 66.8 cm³/mol. The van der Waals surface area contributed by atoms with E-state index in [4.69, 9.17) is 9.84 Å². The van der Waals surface area contributed by atoms with Crippen molar-refractivity contribution >= 4 is 11.3 Å². The lowest BCUT2D eigenvalue weighted by molar-refractivity contribution is 0.285. The van der Waals surface area contributed by atoms with E-state index >= 15 is 0 Å². The highest BCUT2D eigenvalue weighted by molar-refractivity contribution is 7.15. The maximum atomic E-state index is 13.9. The molecule has 96 valence electrons. The molecule has 5 heteroatoms. The quantitative estimate of drug-likeness (QED) is 0.920. The fourth-order valence-corrected chi connectivity index (χ4v) is 2.48. The minimum Gasteiger partial charge on any atom is -0.491 e. The van der Waals surface area contributed by atoms with Crippen LogP contribution in [0.5, 0.6) is 5.75 Å². The zero-order valence-electron chi connectivity index (χ0n) is 9.74. The Kier molecular flexibility index (Phi) is 3.93. The summed E-state index contributed by atoms with van der Waals surface area (Å²) in [5.41, 5.74) is 0.181. The number of aliphatic hydroxyl groups excluding tert-OH is 1. The summed E-state index contributed by atoms with van der Waals surface area (Å²) >= 11 is 1.23. The van der Waals surface area contributed by atoms with Crippen molar-refractivity contribution in [2.45, 2.75) is 13.5 Å². The molecular weight excluding hydrogens is 258 g/mol. The predicted octanol–water partition coefficient (Wildman–Crippen LogP) is 3.58. The number of benzene rings is 1. The molecule has 18 heavy (non-hydrogen) atoms. The van der Waals surface area contributed by atoms with Crippen LogP contribution in [0.2, 0.25) is 0 Å². The zero-order valence-corrected chi connectivity index (χ0v) is 10.6. The summed E-state index contributed by atoms with van der Waals surface area (Å²) < 4.78 is 32.5. The van der Waals surface area contributed by atoms with Crippen molar-refractivity contribution in [2.24, 2.45) is 0 Å². The average Bonchev–Trinajstić information content (AvgIpc) is 2.84. The second-order valence-corrected chi connectivity index (χ2v) is 4.76. The molecule has 0 atom stereocenters. The van der Waals surface area contributed by atoms with Crippen molar-refractivity contribution in [1.82, 2.24) is 0 Å². The number of hydrogen-bond donors (Lipinski definition) is 1. The van der Waals surface area contributed by atoms with Crippen molar-refractivity contribution in [3.8, 4) is 16.2 Å². The van der Waals surface area contributed by atoms with Crippen LogP contribution in [0.3, 0.4) is 0 Å². The van der Waals surface area contributed by atoms with Crippen LogP contribution in [0.1, 0.15) is 11.8 Å². The smallest absolute Gasteiger partial charge is 0.201 e. The molecule has 0 fully saturated rings. The number of halogens is 2. The number of aliphatic hydroxyl groups is 1. The van der Waals surface area contributed by atoms with Crippen LogP contribution in [0.15, 0.2) is 24.3 Å². The van der Waals surface area contributed by atoms with Crippen LogP contribution in [-0.2, 0) is 6.61 Å². The maximum Gasteiger partial charge on any atom is 0.201 e. The van der Waals surface area contributed by atoms with Crippen molar-refractivity contribution in [2.75, 3.05) is 6.61 Å². The van der Waals surface area contributed by atoms with Gasteiger partial charge in [-0.1, -0.05) is 0 Å². The van der Waals surface area contributed by atoms with E-state index in [-0.39, 0.29) is 24.5 Å². The summed E-state index contributed by atoms with van der Waals surface area (Å²) in [5, 5.41) is 8.96. The molecule has 2 aromatic rings. The first kappa shape index (κ1) is 13.0. The van der Waals surface area contributed by atoms with E-state index in [9.17, 15) is 8.78 Å². The number of thiophene rings is 1. The number of rotatable bonds is 4. The molecule has 0 saturated heterocycles. The molecule has 0 spiro atoms. The molecule has 0 saturated carbocycles. The molecule has 0 aliphatic carbocycles. The maximum absolute atomic E-state index is 13.9. The largest absolute Gasteiger partial charge is 0.491 e. The molecule has 1 aromatic heterocycles. The van der Waals surface area contributed by atoms with E-state index in [2.05, 4.69) is 0 Å². The van der Waals surface area contributed by atoms with Gasteiger partial charge in [0, 0.05) is 15.3 Å². The van der Waals surface area contributed by atoms with Crippen LogP contribution >= 0.6 is 11.3 Å². The van der Waals surface area contributed by atoms with Gasteiger partial charge in [0.15, 0.2) is 11.6 Å². The van der Waals surface area contributed by atoms with Crippen LogP contribution < -0.4 is 4.74 Å². The summed E-state index contributed by atoms with van der Waals surface area (Å²) in [7, 11) is 0. The Morgan fingerprint density at radius 2 is 1.94 bits per heavy atom. The van der Waals surface area contributed by atoms with Gasteiger partial charge in [0.1, 0.15) is 0 Å². The third-order valence-electron chi connectivity index (χ3n) is 2.43. The minimum absolute atomic E-state index is 0.0855. The van der Waals surface area contributed by atoms with E-state index in [0.717, 1.165) is 0 Å². The van der Waals surface area contributed by atoms with Gasteiger partial charge in [0.05, 0.1) is 13.2 Å². The van der Waals surface area contributed by atoms with Crippen molar-refractivity contribution < 1.29 is 18.6 Å². The standard InChI is InChI=1S/C13H12F2O2S/c1-2-17-10-5-4-9(12(14)13(10)15)11-6-3-8(7-16)18-11/h3-6,16H,2,7H2,1H3. The summed E-state index contributed by atoms with van der Waals surface area (Å²) in [5.74, 6) is -1.99. The van der Waals surface area contributed by atoms with Gasteiger partial charge in [-0.25, -0.2) is 4.39 Å². The average molecular weight is 270 g/mol. The third kappa shape index (κ3) is 2.37. The molecule has 1 heterocycles. The molecule has 0 unspecified atom stereocenters. The van der Waals surface area contributed by atoms with E-state index in [1.807, 2.05) is 0 Å². The second kappa shape index (κ2) is 5.46. The molecule has 0 aliphatic rings. The zero-order chi connectivity index (χ0) is 13.1. The van der Waals surface area contributed by atoms with Gasteiger partial charge in [-0.3, -0.25) is 0 Å². The first-order valence-electron chi connectivity index (χ1n) is 5.48. The molecule has 1 aromatic carbocycles. The Labute approximate surface area is 107 Å². The SMILES string of the molecule is CCOc1ccc(-c2ccc(CO)s2)c(F)c1F. The van der Waals surface area contributed by atoms with Crippen LogP contribution in [0.4, 0.5) is 8.78 Å². The van der Waals surface area contributed by atoms with Gasteiger partial charge >= 0.3 is 0 Å². The fraction of sp³-hybridized carbons (Fsp3) is 0.231. The van der Waals surface area contributed by atoms with E-state index < -0.39 is 11.6 Å². The molecule has 2 nitrogen and oxygen atoms in total. The van der Waals surface area contributed by atoms with Crippen molar-refractivity contribution in [3.63, 3.8) is 0 Å². The second-order valence-electron chi connectivity index (χ2n) is 3.60. The van der Waals surface area contributed by atoms with Crippen LogP contribution in [-0.4, -0.2) is 11.7 Å². The van der Waals surface area contributed by atoms with Gasteiger partial charge in [0.2, 0.25) is 5.82 Å². The van der Waals surface area contributed by atoms with E-state index in [0.29, 0.717) is 9.75 Å². The Morgan fingerprint density at radius 1 is 1.17 bits per heavy atom. The summed E-state index contributed by atoms with van der Waals surface area (Å²) in [4.78, 5) is 1.29. The lowest BCUT2D eigenvalue weighted by atomic mass is 10.1. The fourth-order valence-electron chi connectivity index (χ4n) is 1.60. The highest BCUT2D eigenvalue weighted by Gasteiger charge is 2.16. The van der Waals surface area contributed by atoms with Gasteiger partial charge in [0.25, 0.3) is 0 Å².